The topological polar surface area (TPSA) is 38.3 Å². The smallest absolute Gasteiger partial charge is 0.339 e. The van der Waals surface area contributed by atoms with Gasteiger partial charge in [0, 0.05) is 11.4 Å². The predicted molar refractivity (Wildman–Crippen MR) is 66.5 cm³/mol. The summed E-state index contributed by atoms with van der Waals surface area (Å²) in [6, 6.07) is 7.43. The van der Waals surface area contributed by atoms with Crippen molar-refractivity contribution < 1.29 is 9.53 Å². The van der Waals surface area contributed by atoms with Gasteiger partial charge in [0.05, 0.1) is 12.7 Å². The van der Waals surface area contributed by atoms with Gasteiger partial charge in [-0.15, -0.1) is 0 Å². The molecule has 3 nitrogen and oxygen atoms in total. The van der Waals surface area contributed by atoms with Crippen LogP contribution in [0.3, 0.4) is 0 Å². The molecule has 0 amide bonds. The fourth-order valence-electron chi connectivity index (χ4n) is 1.21. The molecule has 0 bridgehead atoms. The van der Waals surface area contributed by atoms with Gasteiger partial charge in [0.1, 0.15) is 0 Å². The van der Waals surface area contributed by atoms with Crippen LogP contribution in [0.1, 0.15) is 30.1 Å². The number of carbonyl (C=O) groups is 1. The van der Waals surface area contributed by atoms with Crippen LogP contribution in [0.4, 0.5) is 0 Å². The van der Waals surface area contributed by atoms with E-state index in [2.05, 4.69) is 11.6 Å². The highest BCUT2D eigenvalue weighted by Crippen LogP contribution is 2.20. The number of nitrogens with one attached hydrogen (secondary N) is 1. The lowest BCUT2D eigenvalue weighted by Crippen LogP contribution is -2.08. The van der Waals surface area contributed by atoms with Crippen molar-refractivity contribution in [2.45, 2.75) is 24.7 Å². The van der Waals surface area contributed by atoms with Gasteiger partial charge in [0.15, 0.2) is 0 Å². The molecule has 0 aliphatic heterocycles. The normalized spacial score (nSPS) is 10.1. The summed E-state index contributed by atoms with van der Waals surface area (Å²) in [5.74, 6) is -0.291. The molecule has 0 atom stereocenters. The fourth-order valence-corrected chi connectivity index (χ4v) is 2.02. The number of hydrogen-bond donors (Lipinski definition) is 1. The Hall–Kier alpha value is -1.00. The van der Waals surface area contributed by atoms with Gasteiger partial charge >= 0.3 is 5.97 Å². The van der Waals surface area contributed by atoms with Crippen molar-refractivity contribution in [1.29, 1.82) is 0 Å². The Balaban J connectivity index is 2.60. The Morgan fingerprint density at radius 1 is 1.44 bits per heavy atom. The number of esters is 1. The third-order valence-corrected chi connectivity index (χ3v) is 3.03. The summed E-state index contributed by atoms with van der Waals surface area (Å²) in [4.78, 5) is 12.4. The first-order valence-electron chi connectivity index (χ1n) is 5.36. The molecule has 1 rings (SSSR count). The van der Waals surface area contributed by atoms with Crippen LogP contribution in [0.15, 0.2) is 29.2 Å². The summed E-state index contributed by atoms with van der Waals surface area (Å²) >= 11 is 1.48. The first kappa shape index (κ1) is 13.1. The van der Waals surface area contributed by atoms with E-state index in [1.165, 1.54) is 19.1 Å². The molecule has 0 fully saturated rings. The Labute approximate surface area is 101 Å². The van der Waals surface area contributed by atoms with E-state index < -0.39 is 0 Å². The molecule has 88 valence electrons. The van der Waals surface area contributed by atoms with E-state index in [1.54, 1.807) is 6.07 Å². The standard InChI is InChI=1S/C12H17NO2S/c1-3-4-9-13-16-11-8-6-5-7-10(11)12(14)15-2/h5-8,13H,3-4,9H2,1-2H3. The van der Waals surface area contributed by atoms with E-state index in [-0.39, 0.29) is 5.97 Å². The van der Waals surface area contributed by atoms with Gasteiger partial charge in [-0.3, -0.25) is 4.72 Å². The van der Waals surface area contributed by atoms with Crippen LogP contribution in [-0.2, 0) is 4.74 Å². The number of rotatable bonds is 6. The minimum atomic E-state index is -0.291. The summed E-state index contributed by atoms with van der Waals surface area (Å²) in [6.45, 7) is 3.09. The molecule has 4 heteroatoms. The van der Waals surface area contributed by atoms with Crippen molar-refractivity contribution in [3.8, 4) is 0 Å². The van der Waals surface area contributed by atoms with Gasteiger partial charge in [-0.1, -0.05) is 25.5 Å². The monoisotopic (exact) mass is 239 g/mol. The van der Waals surface area contributed by atoms with Crippen molar-refractivity contribution in [3.63, 3.8) is 0 Å². The quantitative estimate of drug-likeness (QED) is 0.470. The van der Waals surface area contributed by atoms with Crippen LogP contribution < -0.4 is 4.72 Å². The molecule has 1 aromatic carbocycles. The van der Waals surface area contributed by atoms with Crippen molar-refractivity contribution in [3.05, 3.63) is 29.8 Å². The summed E-state index contributed by atoms with van der Waals surface area (Å²) in [7, 11) is 1.40. The Bertz CT molecular complexity index is 342. The first-order chi connectivity index (χ1) is 7.79. The van der Waals surface area contributed by atoms with E-state index in [1.807, 2.05) is 18.2 Å². The number of ether oxygens (including phenoxy) is 1. The molecule has 0 heterocycles. The highest BCUT2D eigenvalue weighted by atomic mass is 32.2. The molecule has 0 aliphatic rings. The van der Waals surface area contributed by atoms with Crippen molar-refractivity contribution in [2.75, 3.05) is 13.7 Å². The molecule has 1 N–H and O–H groups in total. The maximum Gasteiger partial charge on any atom is 0.339 e. The second-order valence-corrected chi connectivity index (χ2v) is 4.27. The summed E-state index contributed by atoms with van der Waals surface area (Å²) < 4.78 is 7.96. The van der Waals surface area contributed by atoms with Gasteiger partial charge in [-0.25, -0.2) is 4.79 Å². The maximum atomic E-state index is 11.5. The number of benzene rings is 1. The number of hydrogen-bond acceptors (Lipinski definition) is 4. The number of methoxy groups -OCH3 is 1. The van der Waals surface area contributed by atoms with Gasteiger partial charge in [-0.2, -0.15) is 0 Å². The average molecular weight is 239 g/mol. The zero-order valence-electron chi connectivity index (χ0n) is 9.66. The highest BCUT2D eigenvalue weighted by molar-refractivity contribution is 7.97. The summed E-state index contributed by atoms with van der Waals surface area (Å²) in [5, 5.41) is 0. The van der Waals surface area contributed by atoms with Crippen molar-refractivity contribution in [2.24, 2.45) is 0 Å². The van der Waals surface area contributed by atoms with Gasteiger partial charge in [0.2, 0.25) is 0 Å². The van der Waals surface area contributed by atoms with Crippen LogP contribution in [-0.4, -0.2) is 19.6 Å². The molecule has 0 spiro atoms. The minimum Gasteiger partial charge on any atom is -0.465 e. The molecule has 16 heavy (non-hydrogen) atoms. The maximum absolute atomic E-state index is 11.5. The second-order valence-electron chi connectivity index (χ2n) is 3.34. The van der Waals surface area contributed by atoms with E-state index >= 15 is 0 Å². The van der Waals surface area contributed by atoms with Crippen LogP contribution in [0.25, 0.3) is 0 Å². The largest absolute Gasteiger partial charge is 0.465 e. The van der Waals surface area contributed by atoms with Crippen molar-refractivity contribution >= 4 is 17.9 Å². The molecular weight excluding hydrogens is 222 g/mol. The summed E-state index contributed by atoms with van der Waals surface area (Å²) in [5.41, 5.74) is 0.610. The van der Waals surface area contributed by atoms with Crippen LogP contribution in [0, 0.1) is 0 Å². The third-order valence-electron chi connectivity index (χ3n) is 2.11. The lowest BCUT2D eigenvalue weighted by molar-refractivity contribution is 0.0597. The molecule has 0 saturated heterocycles. The third kappa shape index (κ3) is 3.87. The molecule has 1 aromatic rings. The Kier molecular flexibility index (Phi) is 5.96. The van der Waals surface area contributed by atoms with Crippen LogP contribution in [0.5, 0.6) is 0 Å². The second kappa shape index (κ2) is 7.30. The van der Waals surface area contributed by atoms with E-state index in [9.17, 15) is 4.79 Å². The van der Waals surface area contributed by atoms with Crippen LogP contribution >= 0.6 is 11.9 Å². The fraction of sp³-hybridized carbons (Fsp3) is 0.417. The van der Waals surface area contributed by atoms with Gasteiger partial charge < -0.3 is 4.74 Å². The van der Waals surface area contributed by atoms with E-state index in [4.69, 9.17) is 4.74 Å². The van der Waals surface area contributed by atoms with Crippen molar-refractivity contribution in [1.82, 2.24) is 4.72 Å². The molecular formula is C12H17NO2S. The van der Waals surface area contributed by atoms with Crippen LogP contribution in [0.2, 0.25) is 0 Å². The zero-order chi connectivity index (χ0) is 11.8. The summed E-state index contributed by atoms with van der Waals surface area (Å²) in [6.07, 6.45) is 2.29. The lowest BCUT2D eigenvalue weighted by Gasteiger charge is -2.07. The number of unbranched alkanes of at least 4 members (excludes halogenated alkanes) is 1. The molecule has 0 aromatic heterocycles. The molecule has 0 aliphatic carbocycles. The van der Waals surface area contributed by atoms with E-state index in [0.29, 0.717) is 5.56 Å². The molecule has 0 saturated carbocycles. The molecule has 0 unspecified atom stereocenters. The zero-order valence-corrected chi connectivity index (χ0v) is 10.5. The highest BCUT2D eigenvalue weighted by Gasteiger charge is 2.10. The SMILES string of the molecule is CCCCNSc1ccccc1C(=O)OC. The van der Waals surface area contributed by atoms with Gasteiger partial charge in [-0.05, 0) is 30.5 Å². The molecule has 0 radical (unpaired) electrons. The predicted octanol–water partition coefficient (Wildman–Crippen LogP) is 2.87. The average Bonchev–Trinajstić information content (AvgIpc) is 2.34. The minimum absolute atomic E-state index is 0.291. The van der Waals surface area contributed by atoms with E-state index in [0.717, 1.165) is 24.3 Å². The number of carbonyl (C=O) groups excluding carboxylic acids is 1. The Morgan fingerprint density at radius 3 is 2.88 bits per heavy atom. The first-order valence-corrected chi connectivity index (χ1v) is 6.18. The Morgan fingerprint density at radius 2 is 2.19 bits per heavy atom. The lowest BCUT2D eigenvalue weighted by atomic mass is 10.2. The van der Waals surface area contributed by atoms with Gasteiger partial charge in [0.25, 0.3) is 0 Å².